The fraction of sp³-hybridized carbons (Fsp3) is 0.500. The number of aliphatic hydroxyl groups is 1. The van der Waals surface area contributed by atoms with Crippen molar-refractivity contribution in [1.29, 1.82) is 0 Å². The molecule has 2 unspecified atom stereocenters. The number of rotatable bonds is 7. The molecule has 0 fully saturated rings. The van der Waals surface area contributed by atoms with Gasteiger partial charge in [0.25, 0.3) is 0 Å². The zero-order chi connectivity index (χ0) is 24.5. The Morgan fingerprint density at radius 3 is 2.59 bits per heavy atom. The fourth-order valence-electron chi connectivity index (χ4n) is 5.04. The molecule has 0 bridgehead atoms. The number of carbonyl (C=O) groups excluding carboxylic acids is 2. The summed E-state index contributed by atoms with van der Waals surface area (Å²) in [5.41, 5.74) is 3.03. The van der Waals surface area contributed by atoms with Crippen LogP contribution in [0.5, 0.6) is 0 Å². The van der Waals surface area contributed by atoms with Crippen LogP contribution in [0.25, 0.3) is 0 Å². The van der Waals surface area contributed by atoms with Gasteiger partial charge in [-0.05, 0) is 43.1 Å². The van der Waals surface area contributed by atoms with Crippen molar-refractivity contribution in [2.75, 3.05) is 0 Å². The highest BCUT2D eigenvalue weighted by Gasteiger charge is 2.36. The van der Waals surface area contributed by atoms with Gasteiger partial charge in [-0.25, -0.2) is 0 Å². The quantitative estimate of drug-likeness (QED) is 0.513. The van der Waals surface area contributed by atoms with Crippen LogP contribution in [0, 0.1) is 5.41 Å². The minimum Gasteiger partial charge on any atom is -0.511 e. The number of aryl methyl sites for hydroxylation is 1. The van der Waals surface area contributed by atoms with E-state index in [2.05, 4.69) is 5.16 Å². The van der Waals surface area contributed by atoms with Gasteiger partial charge in [0.1, 0.15) is 11.5 Å². The molecular formula is C28H34N2O4. The first-order chi connectivity index (χ1) is 16.2. The van der Waals surface area contributed by atoms with Crippen LogP contribution < -0.4 is 0 Å². The molecular weight excluding hydrogens is 428 g/mol. The van der Waals surface area contributed by atoms with E-state index < -0.39 is 0 Å². The highest BCUT2D eigenvalue weighted by Crippen LogP contribution is 2.38. The number of allylic oxidation sites excluding steroid dienone is 2. The lowest BCUT2D eigenvalue weighted by Gasteiger charge is -2.30. The summed E-state index contributed by atoms with van der Waals surface area (Å²) in [6.45, 7) is 8.01. The van der Waals surface area contributed by atoms with Gasteiger partial charge in [0, 0.05) is 37.4 Å². The Kier molecular flexibility index (Phi) is 6.87. The van der Waals surface area contributed by atoms with Gasteiger partial charge in [0.2, 0.25) is 0 Å². The predicted octanol–water partition coefficient (Wildman–Crippen LogP) is 5.96. The van der Waals surface area contributed by atoms with E-state index in [1.54, 1.807) is 0 Å². The number of aromatic nitrogens is 1. The van der Waals surface area contributed by atoms with Crippen molar-refractivity contribution >= 4 is 17.3 Å². The first kappa shape index (κ1) is 24.1. The summed E-state index contributed by atoms with van der Waals surface area (Å²) in [4.78, 5) is 30.8. The lowest BCUT2D eigenvalue weighted by atomic mass is 9.75. The number of hydrogen-bond donors (Lipinski definition) is 1. The third-order valence-electron chi connectivity index (χ3n) is 6.95. The van der Waals surface area contributed by atoms with E-state index >= 15 is 0 Å². The number of benzene rings is 1. The van der Waals surface area contributed by atoms with Crippen LogP contribution >= 0.6 is 0 Å². The summed E-state index contributed by atoms with van der Waals surface area (Å²) in [5, 5.41) is 15.0. The molecule has 0 aliphatic heterocycles. The van der Waals surface area contributed by atoms with E-state index in [-0.39, 0.29) is 34.7 Å². The Bertz CT molecular complexity index is 1140. The molecule has 2 aliphatic carbocycles. The fourth-order valence-corrected chi connectivity index (χ4v) is 5.04. The smallest absolute Gasteiger partial charge is 0.168 e. The number of fused-ring (bicyclic) bond motifs is 1. The molecule has 2 aliphatic rings. The topological polar surface area (TPSA) is 92.8 Å². The average Bonchev–Trinajstić information content (AvgIpc) is 3.20. The van der Waals surface area contributed by atoms with Gasteiger partial charge in [-0.1, -0.05) is 56.3 Å². The number of carbonyl (C=O) groups is 2. The Labute approximate surface area is 201 Å². The maximum absolute atomic E-state index is 13.1. The number of aliphatic imine (C=N–C) groups is 1. The van der Waals surface area contributed by atoms with Crippen LogP contribution in [-0.2, 0) is 17.6 Å². The molecule has 0 saturated heterocycles. The van der Waals surface area contributed by atoms with Gasteiger partial charge < -0.3 is 9.63 Å². The second-order valence-corrected chi connectivity index (χ2v) is 10.5. The molecule has 0 amide bonds. The summed E-state index contributed by atoms with van der Waals surface area (Å²) in [6, 6.07) is 10.0. The van der Waals surface area contributed by atoms with Crippen LogP contribution in [-0.4, -0.2) is 33.6 Å². The summed E-state index contributed by atoms with van der Waals surface area (Å²) < 4.78 is 5.62. The molecule has 1 aromatic carbocycles. The molecule has 1 heterocycles. The molecule has 0 spiro atoms. The Balaban J connectivity index is 1.57. The number of nitrogens with zero attached hydrogens (tertiary/aromatic N) is 2. The van der Waals surface area contributed by atoms with E-state index in [4.69, 9.17) is 9.52 Å². The minimum atomic E-state index is -0.265. The van der Waals surface area contributed by atoms with Crippen molar-refractivity contribution in [1.82, 2.24) is 5.16 Å². The molecule has 0 saturated carbocycles. The largest absolute Gasteiger partial charge is 0.511 e. The molecule has 1 aromatic heterocycles. The van der Waals surface area contributed by atoms with Gasteiger partial charge >= 0.3 is 0 Å². The molecule has 180 valence electrons. The summed E-state index contributed by atoms with van der Waals surface area (Å²) in [7, 11) is 0. The summed E-state index contributed by atoms with van der Waals surface area (Å²) in [5.74, 6) is 0.823. The maximum Gasteiger partial charge on any atom is 0.168 e. The van der Waals surface area contributed by atoms with Gasteiger partial charge in [0.15, 0.2) is 11.6 Å². The first-order valence-electron chi connectivity index (χ1n) is 12.3. The van der Waals surface area contributed by atoms with Crippen LogP contribution in [0.2, 0.25) is 0 Å². The van der Waals surface area contributed by atoms with Crippen molar-refractivity contribution in [3.63, 3.8) is 0 Å². The Hall–Kier alpha value is -3.02. The first-order valence-corrected chi connectivity index (χ1v) is 12.3. The standard InChI is InChI=1S/C28H34N2O4/c1-5-17(2)29-20(26-23(32)15-28(3,4)16-24(26)33)11-12-21-27-22(31)13-19(14-25(27)34-30-21)18-9-7-6-8-10-18/h6-10,17,19,32H,5,11-16H2,1-4H3. The van der Waals surface area contributed by atoms with E-state index in [1.165, 1.54) is 0 Å². The SMILES string of the molecule is CCC(C)N=C(CCc1noc2c1C(=O)CC(c1ccccc1)C2)C1=C(O)CC(C)(C)CC1=O. The lowest BCUT2D eigenvalue weighted by Crippen LogP contribution is -2.30. The number of hydrogen-bond acceptors (Lipinski definition) is 6. The molecule has 4 rings (SSSR count). The van der Waals surface area contributed by atoms with Gasteiger partial charge in [-0.3, -0.25) is 14.6 Å². The van der Waals surface area contributed by atoms with Crippen LogP contribution in [0.3, 0.4) is 0 Å². The number of Topliss-reactive ketones (excluding diaryl/α,β-unsaturated/α-hetero) is 2. The Morgan fingerprint density at radius 2 is 1.91 bits per heavy atom. The van der Waals surface area contributed by atoms with Crippen LogP contribution in [0.1, 0.15) is 93.1 Å². The van der Waals surface area contributed by atoms with Gasteiger partial charge in [-0.2, -0.15) is 0 Å². The van der Waals surface area contributed by atoms with E-state index in [1.807, 2.05) is 58.0 Å². The molecule has 2 aromatic rings. The molecule has 34 heavy (non-hydrogen) atoms. The summed E-state index contributed by atoms with van der Waals surface area (Å²) in [6.07, 6.45) is 3.59. The third kappa shape index (κ3) is 5.06. The van der Waals surface area contributed by atoms with Crippen molar-refractivity contribution in [3.8, 4) is 0 Å². The Morgan fingerprint density at radius 1 is 1.18 bits per heavy atom. The molecule has 2 atom stereocenters. The van der Waals surface area contributed by atoms with Gasteiger partial charge in [-0.15, -0.1) is 0 Å². The lowest BCUT2D eigenvalue weighted by molar-refractivity contribution is -0.118. The van der Waals surface area contributed by atoms with Crippen molar-refractivity contribution in [3.05, 3.63) is 64.2 Å². The van der Waals surface area contributed by atoms with E-state index in [0.717, 1.165) is 12.0 Å². The zero-order valence-electron chi connectivity index (χ0n) is 20.6. The molecule has 0 radical (unpaired) electrons. The van der Waals surface area contributed by atoms with Crippen LogP contribution in [0.4, 0.5) is 0 Å². The normalized spacial score (nSPS) is 21.5. The predicted molar refractivity (Wildman–Crippen MR) is 132 cm³/mol. The second kappa shape index (κ2) is 9.69. The van der Waals surface area contributed by atoms with Crippen molar-refractivity contribution < 1.29 is 19.2 Å². The molecule has 1 N–H and O–H groups in total. The van der Waals surface area contributed by atoms with Crippen molar-refractivity contribution in [2.24, 2.45) is 10.4 Å². The highest BCUT2D eigenvalue weighted by atomic mass is 16.5. The van der Waals surface area contributed by atoms with Crippen molar-refractivity contribution in [2.45, 2.75) is 84.6 Å². The third-order valence-corrected chi connectivity index (χ3v) is 6.95. The number of ketones is 2. The second-order valence-electron chi connectivity index (χ2n) is 10.5. The van der Waals surface area contributed by atoms with E-state index in [0.29, 0.717) is 66.8 Å². The molecule has 6 heteroatoms. The van der Waals surface area contributed by atoms with Gasteiger partial charge in [0.05, 0.1) is 16.8 Å². The monoisotopic (exact) mass is 462 g/mol. The summed E-state index contributed by atoms with van der Waals surface area (Å²) >= 11 is 0. The number of aliphatic hydroxyl groups excluding tert-OH is 1. The van der Waals surface area contributed by atoms with E-state index in [9.17, 15) is 14.7 Å². The highest BCUT2D eigenvalue weighted by molar-refractivity contribution is 6.23. The minimum absolute atomic E-state index is 0.0255. The average molecular weight is 463 g/mol. The van der Waals surface area contributed by atoms with Crippen LogP contribution in [0.15, 0.2) is 51.2 Å². The zero-order valence-corrected chi connectivity index (χ0v) is 20.6. The maximum atomic E-state index is 13.1. The molecule has 6 nitrogen and oxygen atoms in total.